The van der Waals surface area contributed by atoms with Gasteiger partial charge in [0.05, 0.1) is 26.4 Å². The van der Waals surface area contributed by atoms with Gasteiger partial charge in [-0.05, 0) is 49.4 Å². The molecule has 19 heteroatoms. The molecule has 0 aliphatic carbocycles. The molecule has 576 valence electrons. The Morgan fingerprint density at radius 1 is 0.289 bits per heavy atom. The third-order valence-electron chi connectivity index (χ3n) is 18.4. The van der Waals surface area contributed by atoms with Crippen LogP contribution in [-0.4, -0.2) is 96.7 Å². The first-order valence-electron chi connectivity index (χ1n) is 40.2. The van der Waals surface area contributed by atoms with Gasteiger partial charge >= 0.3 is 39.5 Å². The van der Waals surface area contributed by atoms with E-state index in [1.54, 1.807) is 0 Å². The fourth-order valence-corrected chi connectivity index (χ4v) is 13.5. The predicted molar refractivity (Wildman–Crippen MR) is 395 cm³/mol. The van der Waals surface area contributed by atoms with Gasteiger partial charge in [-0.25, -0.2) is 9.13 Å². The maximum absolute atomic E-state index is 13.1. The number of phosphoric ester groups is 2. The van der Waals surface area contributed by atoms with Crippen LogP contribution in [0.15, 0.2) is 0 Å². The van der Waals surface area contributed by atoms with Crippen LogP contribution in [0.5, 0.6) is 0 Å². The topological polar surface area (TPSA) is 237 Å². The van der Waals surface area contributed by atoms with Crippen molar-refractivity contribution in [3.8, 4) is 0 Å². The fourth-order valence-electron chi connectivity index (χ4n) is 11.9. The van der Waals surface area contributed by atoms with Gasteiger partial charge in [0, 0.05) is 25.7 Å². The van der Waals surface area contributed by atoms with E-state index in [-0.39, 0.29) is 25.7 Å². The molecule has 0 aliphatic rings. The van der Waals surface area contributed by atoms with Crippen LogP contribution < -0.4 is 0 Å². The van der Waals surface area contributed by atoms with Crippen molar-refractivity contribution in [1.29, 1.82) is 0 Å². The Bertz CT molecular complexity index is 1900. The molecule has 0 amide bonds. The van der Waals surface area contributed by atoms with E-state index < -0.39 is 97.5 Å². The van der Waals surface area contributed by atoms with Crippen LogP contribution in [0.3, 0.4) is 0 Å². The lowest BCUT2D eigenvalue weighted by Gasteiger charge is -2.21. The zero-order valence-electron chi connectivity index (χ0n) is 63.7. The first-order chi connectivity index (χ1) is 46.6. The Kier molecular flexibility index (Phi) is 65.9. The van der Waals surface area contributed by atoms with E-state index >= 15 is 0 Å². The van der Waals surface area contributed by atoms with Crippen molar-refractivity contribution in [3.05, 3.63) is 0 Å². The zero-order chi connectivity index (χ0) is 71.7. The summed E-state index contributed by atoms with van der Waals surface area (Å²) in [5.41, 5.74) is 0. The first kappa shape index (κ1) is 95.1. The molecule has 4 unspecified atom stereocenters. The van der Waals surface area contributed by atoms with E-state index in [0.29, 0.717) is 31.6 Å². The van der Waals surface area contributed by atoms with Crippen LogP contribution in [0.25, 0.3) is 0 Å². The Labute approximate surface area is 594 Å². The van der Waals surface area contributed by atoms with Gasteiger partial charge in [-0.15, -0.1) is 0 Å². The van der Waals surface area contributed by atoms with Crippen molar-refractivity contribution in [2.24, 2.45) is 23.7 Å². The second kappa shape index (κ2) is 67.2. The molecular formula is C78H152O17P2. The maximum Gasteiger partial charge on any atom is 0.472 e. The highest BCUT2D eigenvalue weighted by atomic mass is 31.2. The number of aliphatic hydroxyl groups excluding tert-OH is 1. The van der Waals surface area contributed by atoms with Gasteiger partial charge in [-0.3, -0.25) is 37.3 Å². The summed E-state index contributed by atoms with van der Waals surface area (Å²) < 4.78 is 68.6. The van der Waals surface area contributed by atoms with Crippen molar-refractivity contribution >= 4 is 39.5 Å². The lowest BCUT2D eigenvalue weighted by Crippen LogP contribution is -2.30. The normalized spacial score (nSPS) is 14.4. The predicted octanol–water partition coefficient (Wildman–Crippen LogP) is 22.8. The maximum atomic E-state index is 13.1. The molecular weight excluding hydrogens is 1270 g/mol. The smallest absolute Gasteiger partial charge is 0.462 e. The fraction of sp³-hybridized carbons (Fsp3) is 0.949. The third kappa shape index (κ3) is 70.9. The summed E-state index contributed by atoms with van der Waals surface area (Å²) >= 11 is 0. The SMILES string of the molecule is CCC(C)CCCCCCCCCCC(=O)O[C@H](COC(=O)CCCCCCCCCC(C)C)COP(=O)(O)OCC(O)COP(=O)(O)OC[C@@H](COC(=O)CCCCCCCCCCCCCCCCCCCCC(C)C)OC(=O)CCCCCCCCCCCCCC(C)C. The molecule has 0 aromatic carbocycles. The Morgan fingerprint density at radius 2 is 0.495 bits per heavy atom. The standard InChI is InChI=1S/C78H152O17P2/c1-9-71(8)57-49-41-33-27-28-36-45-53-61-78(83)95-74(65-89-76(81)59-51-43-37-29-32-40-48-56-70(6)7)67-93-97(86,87)91-63-72(79)62-90-96(84,85)92-66-73(94-77(82)60-52-44-35-26-22-18-20-24-31-39-47-55-69(4)5)64-88-75(80)58-50-42-34-25-21-17-15-13-11-10-12-14-16-19-23-30-38-46-54-68(2)3/h68-74,79H,9-67H2,1-8H3,(H,84,85)(H,86,87)/t71?,72?,73-,74-/m1/s1. The highest BCUT2D eigenvalue weighted by Crippen LogP contribution is 2.45. The van der Waals surface area contributed by atoms with E-state index in [1.165, 1.54) is 193 Å². The summed E-state index contributed by atoms with van der Waals surface area (Å²) in [6, 6.07) is 0. The molecule has 0 heterocycles. The lowest BCUT2D eigenvalue weighted by atomic mass is 9.99. The average Bonchev–Trinajstić information content (AvgIpc) is 1.54. The number of esters is 4. The number of aliphatic hydroxyl groups is 1. The molecule has 0 radical (unpaired) electrons. The number of carbonyl (C=O) groups excluding carboxylic acids is 4. The highest BCUT2D eigenvalue weighted by Gasteiger charge is 2.30. The van der Waals surface area contributed by atoms with E-state index in [1.807, 2.05) is 0 Å². The molecule has 3 N–H and O–H groups in total. The molecule has 0 fully saturated rings. The second-order valence-corrected chi connectivity index (χ2v) is 32.7. The number of hydrogen-bond donors (Lipinski definition) is 3. The van der Waals surface area contributed by atoms with Gasteiger partial charge in [-0.1, -0.05) is 344 Å². The van der Waals surface area contributed by atoms with Crippen molar-refractivity contribution < 1.29 is 80.2 Å². The molecule has 97 heavy (non-hydrogen) atoms. The molecule has 0 rings (SSSR count). The van der Waals surface area contributed by atoms with Gasteiger partial charge in [0.25, 0.3) is 0 Å². The van der Waals surface area contributed by atoms with Gasteiger partial charge in [0.2, 0.25) is 0 Å². The summed E-state index contributed by atoms with van der Waals surface area (Å²) in [6.07, 6.45) is 52.9. The van der Waals surface area contributed by atoms with Crippen molar-refractivity contribution in [3.63, 3.8) is 0 Å². The molecule has 0 aromatic heterocycles. The van der Waals surface area contributed by atoms with E-state index in [4.69, 9.17) is 37.0 Å². The van der Waals surface area contributed by atoms with Crippen LogP contribution in [0.1, 0.15) is 396 Å². The molecule has 6 atom stereocenters. The van der Waals surface area contributed by atoms with Gasteiger partial charge in [-0.2, -0.15) is 0 Å². The summed E-state index contributed by atoms with van der Waals surface area (Å²) in [5.74, 6) is 0.942. The average molecular weight is 1420 g/mol. The van der Waals surface area contributed by atoms with Crippen LogP contribution in [0, 0.1) is 23.7 Å². The molecule has 17 nitrogen and oxygen atoms in total. The number of unbranched alkanes of at least 4 members (excludes halogenated alkanes) is 40. The minimum atomic E-state index is -4.96. The summed E-state index contributed by atoms with van der Waals surface area (Å²) in [5, 5.41) is 10.6. The number of carbonyl (C=O) groups is 4. The minimum absolute atomic E-state index is 0.104. The van der Waals surface area contributed by atoms with E-state index in [9.17, 15) is 43.2 Å². The number of rotatable bonds is 75. The van der Waals surface area contributed by atoms with Crippen LogP contribution in [0.2, 0.25) is 0 Å². The summed E-state index contributed by atoms with van der Waals surface area (Å²) in [6.45, 7) is 14.2. The highest BCUT2D eigenvalue weighted by molar-refractivity contribution is 7.47. The number of ether oxygens (including phenoxy) is 4. The number of hydrogen-bond acceptors (Lipinski definition) is 15. The van der Waals surface area contributed by atoms with Gasteiger partial charge < -0.3 is 33.8 Å². The van der Waals surface area contributed by atoms with Gasteiger partial charge in [0.1, 0.15) is 19.3 Å². The molecule has 0 bridgehead atoms. The van der Waals surface area contributed by atoms with Gasteiger partial charge in [0.15, 0.2) is 12.2 Å². The zero-order valence-corrected chi connectivity index (χ0v) is 65.5. The second-order valence-electron chi connectivity index (χ2n) is 29.8. The Morgan fingerprint density at radius 3 is 0.732 bits per heavy atom. The summed E-state index contributed by atoms with van der Waals surface area (Å²) in [7, 11) is -9.91. The van der Waals surface area contributed by atoms with Crippen LogP contribution in [-0.2, 0) is 65.4 Å². The number of phosphoric acid groups is 2. The summed E-state index contributed by atoms with van der Waals surface area (Å²) in [4.78, 5) is 72.8. The van der Waals surface area contributed by atoms with Crippen LogP contribution in [0.4, 0.5) is 0 Å². The Balaban J connectivity index is 5.20. The molecule has 0 aromatic rings. The first-order valence-corrected chi connectivity index (χ1v) is 43.2. The van der Waals surface area contributed by atoms with Crippen molar-refractivity contribution in [2.75, 3.05) is 39.6 Å². The third-order valence-corrected chi connectivity index (χ3v) is 20.3. The van der Waals surface area contributed by atoms with Crippen molar-refractivity contribution in [2.45, 2.75) is 414 Å². The van der Waals surface area contributed by atoms with E-state index in [0.717, 1.165) is 114 Å². The minimum Gasteiger partial charge on any atom is -0.462 e. The molecule has 0 saturated heterocycles. The monoisotopic (exact) mass is 1420 g/mol. The molecule has 0 spiro atoms. The van der Waals surface area contributed by atoms with Crippen molar-refractivity contribution in [1.82, 2.24) is 0 Å². The lowest BCUT2D eigenvalue weighted by molar-refractivity contribution is -0.161. The quantitative estimate of drug-likeness (QED) is 0.0222. The largest absolute Gasteiger partial charge is 0.472 e. The molecule has 0 saturated carbocycles. The van der Waals surface area contributed by atoms with Crippen LogP contribution >= 0.6 is 15.6 Å². The Hall–Kier alpha value is -1.94. The van der Waals surface area contributed by atoms with E-state index in [2.05, 4.69) is 55.4 Å². The molecule has 0 aliphatic heterocycles.